The number of ether oxygens (including phenoxy) is 1. The van der Waals surface area contributed by atoms with E-state index in [1.54, 1.807) is 6.20 Å². The third-order valence-electron chi connectivity index (χ3n) is 5.28. The van der Waals surface area contributed by atoms with Gasteiger partial charge in [0, 0.05) is 17.6 Å². The highest BCUT2D eigenvalue weighted by Crippen LogP contribution is 2.27. The number of pyridine rings is 1. The number of para-hydroxylation sites is 2. The summed E-state index contributed by atoms with van der Waals surface area (Å²) in [5.74, 6) is 1.70. The molecule has 5 aromatic rings. The molecule has 1 unspecified atom stereocenters. The van der Waals surface area contributed by atoms with Crippen LogP contribution in [0.1, 0.15) is 24.4 Å². The zero-order chi connectivity index (χ0) is 19.6. The van der Waals surface area contributed by atoms with E-state index in [0.29, 0.717) is 6.61 Å². The summed E-state index contributed by atoms with van der Waals surface area (Å²) in [5.41, 5.74) is 4.26. The molecule has 29 heavy (non-hydrogen) atoms. The Morgan fingerprint density at radius 3 is 2.59 bits per heavy atom. The zero-order valence-corrected chi connectivity index (χ0v) is 16.2. The fourth-order valence-corrected chi connectivity index (χ4v) is 3.79. The topological polar surface area (TPSA) is 39.9 Å². The highest BCUT2D eigenvalue weighted by atomic mass is 16.5. The van der Waals surface area contributed by atoms with Crippen molar-refractivity contribution in [1.82, 2.24) is 14.5 Å². The molecule has 3 aromatic carbocycles. The second-order valence-corrected chi connectivity index (χ2v) is 7.12. The molecule has 0 fully saturated rings. The number of rotatable bonds is 5. The Morgan fingerprint density at radius 1 is 0.862 bits per heavy atom. The van der Waals surface area contributed by atoms with E-state index in [0.717, 1.165) is 33.5 Å². The number of benzene rings is 3. The van der Waals surface area contributed by atoms with Crippen molar-refractivity contribution in [2.24, 2.45) is 0 Å². The Morgan fingerprint density at radius 2 is 1.69 bits per heavy atom. The lowest BCUT2D eigenvalue weighted by Gasteiger charge is -2.18. The molecular weight excluding hydrogens is 358 g/mol. The highest BCUT2D eigenvalue weighted by molar-refractivity contribution is 5.79. The molecule has 0 radical (unpaired) electrons. The number of hydrogen-bond acceptors (Lipinski definition) is 3. The second-order valence-electron chi connectivity index (χ2n) is 7.12. The average molecular weight is 379 g/mol. The first-order valence-electron chi connectivity index (χ1n) is 9.78. The van der Waals surface area contributed by atoms with Crippen molar-refractivity contribution in [2.45, 2.75) is 19.6 Å². The lowest BCUT2D eigenvalue weighted by Crippen LogP contribution is -2.12. The smallest absolute Gasteiger partial charge is 0.148 e. The number of fused-ring (bicyclic) bond motifs is 2. The molecular formula is C25H21N3O. The summed E-state index contributed by atoms with van der Waals surface area (Å²) in [4.78, 5) is 9.28. The van der Waals surface area contributed by atoms with E-state index in [2.05, 4.69) is 52.9 Å². The fraction of sp³-hybridized carbons (Fsp3) is 0.120. The minimum absolute atomic E-state index is 0.153. The Bertz CT molecular complexity index is 1280. The van der Waals surface area contributed by atoms with Gasteiger partial charge in [0.15, 0.2) is 0 Å². The molecule has 1 atom stereocenters. The van der Waals surface area contributed by atoms with Crippen LogP contribution in [-0.2, 0) is 6.61 Å². The van der Waals surface area contributed by atoms with Gasteiger partial charge in [-0.1, -0.05) is 48.5 Å². The van der Waals surface area contributed by atoms with Crippen molar-refractivity contribution < 1.29 is 4.74 Å². The standard InChI is InChI=1S/C25H21N3O/c1-18(19-8-3-2-4-9-19)28-24-12-6-5-11-22(24)27-25(28)17-29-21-14-13-20-10-7-15-26-23(20)16-21/h2-16,18H,17H2,1H3. The Labute approximate surface area is 169 Å². The van der Waals surface area contributed by atoms with Gasteiger partial charge >= 0.3 is 0 Å². The quantitative estimate of drug-likeness (QED) is 0.389. The van der Waals surface area contributed by atoms with E-state index >= 15 is 0 Å². The molecule has 0 N–H and O–H groups in total. The lowest BCUT2D eigenvalue weighted by atomic mass is 10.1. The fourth-order valence-electron chi connectivity index (χ4n) is 3.79. The molecule has 0 saturated carbocycles. The summed E-state index contributed by atoms with van der Waals surface area (Å²) >= 11 is 0. The molecule has 0 aliphatic heterocycles. The molecule has 142 valence electrons. The molecule has 0 spiro atoms. The predicted molar refractivity (Wildman–Crippen MR) is 116 cm³/mol. The van der Waals surface area contributed by atoms with Gasteiger partial charge in [0.25, 0.3) is 0 Å². The molecule has 2 aromatic heterocycles. The minimum atomic E-state index is 0.153. The van der Waals surface area contributed by atoms with Crippen LogP contribution >= 0.6 is 0 Å². The average Bonchev–Trinajstić information content (AvgIpc) is 3.16. The largest absolute Gasteiger partial charge is 0.486 e. The summed E-state index contributed by atoms with van der Waals surface area (Å²) in [6, 6.07) is 28.9. The molecule has 4 nitrogen and oxygen atoms in total. The van der Waals surface area contributed by atoms with Crippen molar-refractivity contribution >= 4 is 21.9 Å². The van der Waals surface area contributed by atoms with E-state index in [4.69, 9.17) is 9.72 Å². The normalized spacial score (nSPS) is 12.3. The van der Waals surface area contributed by atoms with Crippen LogP contribution in [0.3, 0.4) is 0 Å². The first kappa shape index (κ1) is 17.4. The van der Waals surface area contributed by atoms with Gasteiger partial charge in [-0.15, -0.1) is 0 Å². The molecule has 5 rings (SSSR count). The van der Waals surface area contributed by atoms with E-state index < -0.39 is 0 Å². The van der Waals surface area contributed by atoms with Gasteiger partial charge in [0.2, 0.25) is 0 Å². The van der Waals surface area contributed by atoms with Gasteiger partial charge in [0.1, 0.15) is 18.2 Å². The van der Waals surface area contributed by atoms with Crippen LogP contribution in [-0.4, -0.2) is 14.5 Å². The van der Waals surface area contributed by atoms with Crippen LogP contribution in [0.4, 0.5) is 0 Å². The van der Waals surface area contributed by atoms with Crippen molar-refractivity contribution in [2.75, 3.05) is 0 Å². The first-order chi connectivity index (χ1) is 14.3. The van der Waals surface area contributed by atoms with Gasteiger partial charge in [-0.05, 0) is 42.8 Å². The molecule has 0 saturated heterocycles. The summed E-state index contributed by atoms with van der Waals surface area (Å²) in [7, 11) is 0. The Hall–Kier alpha value is -3.66. The van der Waals surface area contributed by atoms with Crippen molar-refractivity contribution in [3.8, 4) is 5.75 Å². The number of hydrogen-bond donors (Lipinski definition) is 0. The maximum absolute atomic E-state index is 6.13. The van der Waals surface area contributed by atoms with E-state index in [9.17, 15) is 0 Å². The van der Waals surface area contributed by atoms with E-state index in [-0.39, 0.29) is 6.04 Å². The SMILES string of the molecule is CC(c1ccccc1)n1c(COc2ccc3cccnc3c2)nc2ccccc21. The monoisotopic (exact) mass is 379 g/mol. The molecule has 4 heteroatoms. The Kier molecular flexibility index (Phi) is 4.45. The zero-order valence-electron chi connectivity index (χ0n) is 16.2. The van der Waals surface area contributed by atoms with Crippen molar-refractivity contribution in [1.29, 1.82) is 0 Å². The summed E-state index contributed by atoms with van der Waals surface area (Å²) < 4.78 is 8.40. The third-order valence-corrected chi connectivity index (χ3v) is 5.28. The van der Waals surface area contributed by atoms with Crippen molar-refractivity contribution in [3.05, 3.63) is 103 Å². The van der Waals surface area contributed by atoms with Crippen LogP contribution in [0, 0.1) is 0 Å². The Balaban J connectivity index is 1.50. The van der Waals surface area contributed by atoms with Crippen LogP contribution in [0.25, 0.3) is 21.9 Å². The number of imidazole rings is 1. The van der Waals surface area contributed by atoms with E-state index in [1.807, 2.05) is 48.5 Å². The van der Waals surface area contributed by atoms with Crippen LogP contribution in [0.15, 0.2) is 91.1 Å². The minimum Gasteiger partial charge on any atom is -0.486 e. The molecule has 0 aliphatic carbocycles. The summed E-state index contributed by atoms with van der Waals surface area (Å²) in [6.07, 6.45) is 1.80. The highest BCUT2D eigenvalue weighted by Gasteiger charge is 2.17. The first-order valence-corrected chi connectivity index (χ1v) is 9.78. The van der Waals surface area contributed by atoms with Crippen molar-refractivity contribution in [3.63, 3.8) is 0 Å². The maximum Gasteiger partial charge on any atom is 0.148 e. The van der Waals surface area contributed by atoms with Crippen LogP contribution < -0.4 is 4.74 Å². The predicted octanol–water partition coefficient (Wildman–Crippen LogP) is 5.77. The molecule has 2 heterocycles. The number of aromatic nitrogens is 3. The van der Waals surface area contributed by atoms with Gasteiger partial charge in [0.05, 0.1) is 22.6 Å². The number of nitrogens with zero attached hydrogens (tertiary/aromatic N) is 3. The maximum atomic E-state index is 6.13. The van der Waals surface area contributed by atoms with Gasteiger partial charge < -0.3 is 9.30 Å². The van der Waals surface area contributed by atoms with Crippen LogP contribution in [0.2, 0.25) is 0 Å². The van der Waals surface area contributed by atoms with E-state index in [1.165, 1.54) is 5.56 Å². The third kappa shape index (κ3) is 3.34. The second kappa shape index (κ2) is 7.40. The van der Waals surface area contributed by atoms with Gasteiger partial charge in [-0.2, -0.15) is 0 Å². The lowest BCUT2D eigenvalue weighted by molar-refractivity contribution is 0.289. The van der Waals surface area contributed by atoms with Gasteiger partial charge in [-0.25, -0.2) is 4.98 Å². The molecule has 0 amide bonds. The summed E-state index contributed by atoms with van der Waals surface area (Å²) in [5, 5.41) is 1.10. The summed E-state index contributed by atoms with van der Waals surface area (Å²) in [6.45, 7) is 2.59. The molecule has 0 aliphatic rings. The van der Waals surface area contributed by atoms with Gasteiger partial charge in [-0.3, -0.25) is 4.98 Å². The molecule has 0 bridgehead atoms. The van der Waals surface area contributed by atoms with Crippen LogP contribution in [0.5, 0.6) is 5.75 Å².